The number of benzene rings is 2. The zero-order valence-corrected chi connectivity index (χ0v) is 17.1. The van der Waals surface area contributed by atoms with Crippen molar-refractivity contribution in [2.24, 2.45) is 5.92 Å². The molecule has 7 heteroatoms. The summed E-state index contributed by atoms with van der Waals surface area (Å²) in [5.41, 5.74) is 1.05. The van der Waals surface area contributed by atoms with E-state index in [1.54, 1.807) is 18.2 Å². The second-order valence-corrected chi connectivity index (χ2v) is 8.91. The molecule has 1 saturated heterocycles. The largest absolute Gasteiger partial charge is 0.460 e. The third-order valence-corrected chi connectivity index (χ3v) is 6.28. The van der Waals surface area contributed by atoms with Crippen molar-refractivity contribution in [2.75, 3.05) is 0 Å². The lowest BCUT2D eigenvalue weighted by Gasteiger charge is -2.24. The van der Waals surface area contributed by atoms with E-state index in [0.717, 1.165) is 12.0 Å². The van der Waals surface area contributed by atoms with Crippen LogP contribution < -0.4 is 5.32 Å². The highest BCUT2D eigenvalue weighted by molar-refractivity contribution is 7.85. The van der Waals surface area contributed by atoms with Crippen LogP contribution in [0.4, 0.5) is 0 Å². The Morgan fingerprint density at radius 3 is 2.21 bits per heavy atom. The van der Waals surface area contributed by atoms with Crippen LogP contribution in [0.15, 0.2) is 65.6 Å². The van der Waals surface area contributed by atoms with Gasteiger partial charge in [-0.15, -0.1) is 0 Å². The number of ether oxygens (including phenoxy) is 1. The lowest BCUT2D eigenvalue weighted by Crippen LogP contribution is -2.37. The van der Waals surface area contributed by atoms with E-state index in [-0.39, 0.29) is 16.9 Å². The molecular formula is C22H27NO5S. The second-order valence-electron chi connectivity index (χ2n) is 7.49. The molecule has 0 spiro atoms. The van der Waals surface area contributed by atoms with Crippen LogP contribution in [0.5, 0.6) is 0 Å². The normalized spacial score (nSPS) is 23.4. The zero-order valence-electron chi connectivity index (χ0n) is 16.2. The Kier molecular flexibility index (Phi) is 7.41. The third kappa shape index (κ3) is 6.39. The number of esters is 1. The Bertz CT molecular complexity index is 872. The molecule has 2 aliphatic rings. The van der Waals surface area contributed by atoms with E-state index in [1.807, 2.05) is 30.3 Å². The minimum Gasteiger partial charge on any atom is -0.460 e. The van der Waals surface area contributed by atoms with Gasteiger partial charge in [0.2, 0.25) is 0 Å². The van der Waals surface area contributed by atoms with Gasteiger partial charge < -0.3 is 10.1 Å². The highest BCUT2D eigenvalue weighted by Gasteiger charge is 2.38. The molecule has 0 radical (unpaired) electrons. The number of hydrogen-bond acceptors (Lipinski definition) is 5. The number of fused-ring (bicyclic) bond motifs is 1. The van der Waals surface area contributed by atoms with E-state index < -0.39 is 10.1 Å². The van der Waals surface area contributed by atoms with Crippen molar-refractivity contribution in [1.29, 1.82) is 0 Å². The molecule has 1 aliphatic carbocycles. The molecule has 4 rings (SSSR count). The molecule has 0 unspecified atom stereocenters. The molecule has 1 saturated carbocycles. The van der Waals surface area contributed by atoms with Gasteiger partial charge in [-0.05, 0) is 42.9 Å². The maximum atomic E-state index is 12.1. The second kappa shape index (κ2) is 10.0. The van der Waals surface area contributed by atoms with Crippen LogP contribution in [0.3, 0.4) is 0 Å². The Hall–Kier alpha value is -2.22. The molecule has 3 atom stereocenters. The molecule has 0 bridgehead atoms. The van der Waals surface area contributed by atoms with Crippen LogP contribution in [0, 0.1) is 5.92 Å². The molecule has 2 N–H and O–H groups in total. The Labute approximate surface area is 172 Å². The van der Waals surface area contributed by atoms with Gasteiger partial charge >= 0.3 is 5.97 Å². The van der Waals surface area contributed by atoms with E-state index in [2.05, 4.69) is 5.32 Å². The first-order valence-electron chi connectivity index (χ1n) is 9.92. The summed E-state index contributed by atoms with van der Waals surface area (Å²) in [6, 6.07) is 17.7. The van der Waals surface area contributed by atoms with Crippen LogP contribution in [0.2, 0.25) is 0 Å². The van der Waals surface area contributed by atoms with E-state index >= 15 is 0 Å². The summed E-state index contributed by atoms with van der Waals surface area (Å²) in [5.74, 6) is 0.598. The van der Waals surface area contributed by atoms with E-state index in [1.165, 1.54) is 37.8 Å². The van der Waals surface area contributed by atoms with Crippen molar-refractivity contribution >= 4 is 16.1 Å². The summed E-state index contributed by atoms with van der Waals surface area (Å²) in [6.45, 7) is 0.382. The molecule has 0 amide bonds. The van der Waals surface area contributed by atoms with Crippen molar-refractivity contribution in [3.8, 4) is 0 Å². The fourth-order valence-corrected chi connectivity index (χ4v) is 4.43. The Balaban J connectivity index is 0.000000204. The maximum Gasteiger partial charge on any atom is 0.323 e. The fraction of sp³-hybridized carbons (Fsp3) is 0.409. The summed E-state index contributed by atoms with van der Waals surface area (Å²) in [6.07, 6.45) is 6.04. The number of rotatable bonds is 4. The Morgan fingerprint density at radius 1 is 1.00 bits per heavy atom. The average molecular weight is 418 g/mol. The van der Waals surface area contributed by atoms with Crippen LogP contribution in [0.1, 0.15) is 37.7 Å². The van der Waals surface area contributed by atoms with E-state index in [0.29, 0.717) is 18.6 Å². The third-order valence-electron chi connectivity index (χ3n) is 5.41. The lowest BCUT2D eigenvalue weighted by atomic mass is 9.85. The number of hydrogen-bond donors (Lipinski definition) is 2. The molecule has 2 fully saturated rings. The molecule has 1 heterocycles. The topological polar surface area (TPSA) is 92.7 Å². The van der Waals surface area contributed by atoms with Gasteiger partial charge in [0.15, 0.2) is 0 Å². The van der Waals surface area contributed by atoms with Gasteiger partial charge in [0.05, 0.1) is 4.90 Å². The summed E-state index contributed by atoms with van der Waals surface area (Å²) in [4.78, 5) is 12.0. The SMILES string of the molecule is O=C(OCc1ccccc1)[C@@H]1C[C@@H]2CCCC[C@@H]2N1.O=S(=O)(O)c1ccccc1. The first-order chi connectivity index (χ1) is 13.9. The van der Waals surface area contributed by atoms with Gasteiger partial charge in [-0.2, -0.15) is 8.42 Å². The molecule has 1 aliphatic heterocycles. The molecule has 2 aromatic carbocycles. The Morgan fingerprint density at radius 2 is 1.62 bits per heavy atom. The maximum absolute atomic E-state index is 12.1. The minimum absolute atomic E-state index is 0.0741. The van der Waals surface area contributed by atoms with Gasteiger partial charge in [-0.25, -0.2) is 0 Å². The summed E-state index contributed by atoms with van der Waals surface area (Å²) in [5, 5.41) is 3.45. The van der Waals surface area contributed by atoms with Crippen LogP contribution in [-0.4, -0.2) is 31.0 Å². The van der Waals surface area contributed by atoms with Gasteiger partial charge in [0.25, 0.3) is 10.1 Å². The molecule has 29 heavy (non-hydrogen) atoms. The van der Waals surface area contributed by atoms with Crippen LogP contribution in [-0.2, 0) is 26.3 Å². The first kappa shape index (κ1) is 21.5. The molecule has 2 aromatic rings. The lowest BCUT2D eigenvalue weighted by molar-refractivity contribution is -0.147. The van der Waals surface area contributed by atoms with Gasteiger partial charge in [0, 0.05) is 6.04 Å². The van der Waals surface area contributed by atoms with Gasteiger partial charge in [0.1, 0.15) is 12.6 Å². The first-order valence-corrected chi connectivity index (χ1v) is 11.4. The van der Waals surface area contributed by atoms with Gasteiger partial charge in [-0.1, -0.05) is 61.4 Å². The number of carbonyl (C=O) groups excluding carboxylic acids is 1. The highest BCUT2D eigenvalue weighted by Crippen LogP contribution is 2.33. The summed E-state index contributed by atoms with van der Waals surface area (Å²) >= 11 is 0. The van der Waals surface area contributed by atoms with Crippen molar-refractivity contribution in [2.45, 2.75) is 55.7 Å². The van der Waals surface area contributed by atoms with Crippen molar-refractivity contribution < 1.29 is 22.5 Å². The van der Waals surface area contributed by atoms with Crippen molar-refractivity contribution in [3.63, 3.8) is 0 Å². The molecule has 156 valence electrons. The van der Waals surface area contributed by atoms with Crippen molar-refractivity contribution in [1.82, 2.24) is 5.32 Å². The zero-order chi connectivity index (χ0) is 20.7. The quantitative estimate of drug-likeness (QED) is 0.583. The van der Waals surface area contributed by atoms with Crippen LogP contribution >= 0.6 is 0 Å². The number of carbonyl (C=O) groups is 1. The smallest absolute Gasteiger partial charge is 0.323 e. The van der Waals surface area contributed by atoms with E-state index in [4.69, 9.17) is 9.29 Å². The summed E-state index contributed by atoms with van der Waals surface area (Å²) in [7, 11) is -4.00. The predicted octanol–water partition coefficient (Wildman–Crippen LogP) is 3.58. The average Bonchev–Trinajstić information content (AvgIpc) is 3.18. The van der Waals surface area contributed by atoms with Crippen LogP contribution in [0.25, 0.3) is 0 Å². The molecule has 0 aromatic heterocycles. The highest BCUT2D eigenvalue weighted by atomic mass is 32.2. The molecular weight excluding hydrogens is 390 g/mol. The fourth-order valence-electron chi connectivity index (χ4n) is 3.92. The standard InChI is InChI=1S/C16H21NO2.C6H6O3S/c18-16(19-11-12-6-2-1-3-7-12)15-10-13-8-4-5-9-14(13)17-15;7-10(8,9)6-4-2-1-3-5-6/h1-3,6-7,13-15,17H,4-5,8-11H2;1-5H,(H,7,8,9)/t13-,14-,15-;/m0./s1. The predicted molar refractivity (Wildman–Crippen MR) is 110 cm³/mol. The molecule has 6 nitrogen and oxygen atoms in total. The minimum atomic E-state index is -4.00. The number of nitrogens with one attached hydrogen (secondary N) is 1. The van der Waals surface area contributed by atoms with E-state index in [9.17, 15) is 13.2 Å². The monoisotopic (exact) mass is 417 g/mol. The van der Waals surface area contributed by atoms with Crippen molar-refractivity contribution in [3.05, 3.63) is 66.2 Å². The summed E-state index contributed by atoms with van der Waals surface area (Å²) < 4.78 is 34.7. The van der Waals surface area contributed by atoms with Gasteiger partial charge in [-0.3, -0.25) is 9.35 Å².